The van der Waals surface area contributed by atoms with Crippen molar-refractivity contribution in [1.29, 1.82) is 0 Å². The minimum atomic E-state index is -0.224. The Morgan fingerprint density at radius 2 is 2.17 bits per heavy atom. The van der Waals surface area contributed by atoms with Crippen LogP contribution in [0.3, 0.4) is 0 Å². The van der Waals surface area contributed by atoms with E-state index >= 15 is 0 Å². The van der Waals surface area contributed by atoms with Gasteiger partial charge >= 0.3 is 0 Å². The number of fused-ring (bicyclic) bond motifs is 1. The summed E-state index contributed by atoms with van der Waals surface area (Å²) in [7, 11) is 0. The summed E-state index contributed by atoms with van der Waals surface area (Å²) in [5, 5.41) is 7.44. The number of pyridine rings is 1. The molecular formula is C21H22N4O3S. The van der Waals surface area contributed by atoms with Crippen molar-refractivity contribution < 1.29 is 14.3 Å². The Morgan fingerprint density at radius 3 is 2.90 bits per heavy atom. The molecule has 0 unspecified atom stereocenters. The van der Waals surface area contributed by atoms with Crippen molar-refractivity contribution >= 4 is 51.5 Å². The first-order chi connectivity index (χ1) is 14.0. The Kier molecular flexibility index (Phi) is 5.53. The molecule has 2 N–H and O–H groups in total. The Morgan fingerprint density at radius 1 is 1.34 bits per heavy atom. The predicted octanol–water partition coefficient (Wildman–Crippen LogP) is 3.56. The number of anilines is 1. The predicted molar refractivity (Wildman–Crippen MR) is 116 cm³/mol. The van der Waals surface area contributed by atoms with Gasteiger partial charge in [-0.3, -0.25) is 9.59 Å². The van der Waals surface area contributed by atoms with Crippen LogP contribution < -0.4 is 15.4 Å². The zero-order valence-corrected chi connectivity index (χ0v) is 17.1. The lowest BCUT2D eigenvalue weighted by molar-refractivity contribution is -0.114. The lowest BCUT2D eigenvalue weighted by Gasteiger charge is -2.11. The quantitative estimate of drug-likeness (QED) is 0.708. The Balaban J connectivity index is 1.59. The van der Waals surface area contributed by atoms with E-state index in [1.807, 2.05) is 31.2 Å². The molecule has 150 valence electrons. The number of hydrogen-bond donors (Lipinski definition) is 2. The molecule has 29 heavy (non-hydrogen) atoms. The van der Waals surface area contributed by atoms with Crippen LogP contribution in [0.2, 0.25) is 0 Å². The molecule has 1 saturated carbocycles. The van der Waals surface area contributed by atoms with Gasteiger partial charge in [0.2, 0.25) is 5.91 Å². The summed E-state index contributed by atoms with van der Waals surface area (Å²) in [5.74, 6) is 1.38. The highest BCUT2D eigenvalue weighted by molar-refractivity contribution is 8.18. The molecule has 0 spiro atoms. The topological polar surface area (TPSA) is 92.7 Å². The van der Waals surface area contributed by atoms with Crippen LogP contribution in [0.4, 0.5) is 5.82 Å². The second-order valence-electron chi connectivity index (χ2n) is 7.05. The van der Waals surface area contributed by atoms with Gasteiger partial charge < -0.3 is 15.4 Å². The van der Waals surface area contributed by atoms with Gasteiger partial charge in [-0.15, -0.1) is 0 Å². The summed E-state index contributed by atoms with van der Waals surface area (Å²) in [6.45, 7) is 4.70. The fraction of sp³-hybridized carbons (Fsp3) is 0.333. The molecule has 2 heterocycles. The lowest BCUT2D eigenvalue weighted by atomic mass is 10.1. The van der Waals surface area contributed by atoms with E-state index in [9.17, 15) is 9.59 Å². The van der Waals surface area contributed by atoms with Crippen molar-refractivity contribution in [2.24, 2.45) is 10.9 Å². The second-order valence-corrected chi connectivity index (χ2v) is 8.08. The average Bonchev–Trinajstić information content (AvgIpc) is 3.44. The van der Waals surface area contributed by atoms with E-state index in [2.05, 4.69) is 20.6 Å². The number of aliphatic imine (C=N–C) groups is 1. The first kappa shape index (κ1) is 19.4. The molecule has 1 aliphatic carbocycles. The molecule has 4 rings (SSSR count). The molecule has 2 aromatic rings. The Bertz CT molecular complexity index is 1040. The number of benzene rings is 1. The summed E-state index contributed by atoms with van der Waals surface area (Å²) in [5.41, 5.74) is 1.57. The first-order valence-corrected chi connectivity index (χ1v) is 10.4. The number of rotatable bonds is 6. The number of nitrogens with zero attached hydrogens (tertiary/aromatic N) is 2. The fourth-order valence-corrected chi connectivity index (χ4v) is 3.83. The van der Waals surface area contributed by atoms with E-state index in [4.69, 9.17) is 4.74 Å². The van der Waals surface area contributed by atoms with Crippen LogP contribution in [0.1, 0.15) is 32.3 Å². The summed E-state index contributed by atoms with van der Waals surface area (Å²) < 4.78 is 5.75. The third-order valence-electron chi connectivity index (χ3n) is 4.56. The number of amides is 2. The molecule has 1 aliphatic heterocycles. The van der Waals surface area contributed by atoms with Gasteiger partial charge in [-0.2, -0.15) is 4.99 Å². The van der Waals surface area contributed by atoms with Crippen molar-refractivity contribution in [2.45, 2.75) is 26.7 Å². The average molecular weight is 410 g/mol. The van der Waals surface area contributed by atoms with Gasteiger partial charge in [-0.05, 0) is 61.2 Å². The van der Waals surface area contributed by atoms with Crippen LogP contribution in [0, 0.1) is 5.92 Å². The molecule has 2 amide bonds. The number of nitrogens with one attached hydrogen (secondary N) is 2. The largest absolute Gasteiger partial charge is 0.493 e. The van der Waals surface area contributed by atoms with Gasteiger partial charge in [0.25, 0.3) is 5.91 Å². The van der Waals surface area contributed by atoms with Gasteiger partial charge in [0.05, 0.1) is 17.0 Å². The molecule has 8 heteroatoms. The summed E-state index contributed by atoms with van der Waals surface area (Å²) in [6, 6.07) is 7.38. The van der Waals surface area contributed by atoms with Crippen LogP contribution >= 0.6 is 11.8 Å². The smallest absolute Gasteiger partial charge is 0.286 e. The summed E-state index contributed by atoms with van der Waals surface area (Å²) >= 11 is 1.37. The van der Waals surface area contributed by atoms with E-state index in [-0.39, 0.29) is 11.8 Å². The SMILES string of the molecule is CCOc1cc(NC(C)=O)nc2ccc(/C=C3\SC(NCC4CC4)=NC3=O)cc12. The maximum Gasteiger partial charge on any atom is 0.286 e. The second kappa shape index (κ2) is 8.24. The van der Waals surface area contributed by atoms with Crippen molar-refractivity contribution in [3.05, 3.63) is 34.7 Å². The van der Waals surface area contributed by atoms with E-state index < -0.39 is 0 Å². The highest BCUT2D eigenvalue weighted by Gasteiger charge is 2.25. The third kappa shape index (κ3) is 4.76. The third-order valence-corrected chi connectivity index (χ3v) is 5.50. The fourth-order valence-electron chi connectivity index (χ4n) is 3.01. The van der Waals surface area contributed by atoms with Gasteiger partial charge in [-0.25, -0.2) is 4.98 Å². The molecule has 0 radical (unpaired) electrons. The zero-order chi connectivity index (χ0) is 20.4. The molecule has 0 bridgehead atoms. The van der Waals surface area contributed by atoms with Crippen LogP contribution in [-0.4, -0.2) is 35.1 Å². The van der Waals surface area contributed by atoms with Gasteiger partial charge in [0.15, 0.2) is 5.17 Å². The molecule has 7 nitrogen and oxygen atoms in total. The summed E-state index contributed by atoms with van der Waals surface area (Å²) in [4.78, 5) is 32.7. The molecule has 1 aromatic heterocycles. The lowest BCUT2D eigenvalue weighted by Crippen LogP contribution is -2.21. The van der Waals surface area contributed by atoms with Gasteiger partial charge in [-0.1, -0.05) is 6.07 Å². The maximum absolute atomic E-state index is 12.2. The van der Waals surface area contributed by atoms with E-state index in [0.717, 1.165) is 17.5 Å². The van der Waals surface area contributed by atoms with Crippen molar-refractivity contribution in [3.8, 4) is 5.75 Å². The highest BCUT2D eigenvalue weighted by Crippen LogP contribution is 2.33. The van der Waals surface area contributed by atoms with E-state index in [1.165, 1.54) is 31.5 Å². The minimum Gasteiger partial charge on any atom is -0.493 e. The van der Waals surface area contributed by atoms with E-state index in [0.29, 0.717) is 39.7 Å². The number of thioether (sulfide) groups is 1. The van der Waals surface area contributed by atoms with Crippen molar-refractivity contribution in [3.63, 3.8) is 0 Å². The molecule has 0 saturated heterocycles. The molecule has 0 atom stereocenters. The monoisotopic (exact) mass is 410 g/mol. The van der Waals surface area contributed by atoms with E-state index in [1.54, 1.807) is 6.07 Å². The molecule has 1 aromatic carbocycles. The molecule has 1 fully saturated rings. The molecule has 2 aliphatic rings. The normalized spacial score (nSPS) is 17.5. The summed E-state index contributed by atoms with van der Waals surface area (Å²) in [6.07, 6.45) is 4.33. The first-order valence-electron chi connectivity index (χ1n) is 9.63. The number of amidine groups is 1. The number of aromatic nitrogens is 1. The van der Waals surface area contributed by atoms with Crippen LogP contribution in [0.25, 0.3) is 17.0 Å². The van der Waals surface area contributed by atoms with Crippen molar-refractivity contribution in [1.82, 2.24) is 10.3 Å². The zero-order valence-electron chi connectivity index (χ0n) is 16.3. The van der Waals surface area contributed by atoms with Crippen molar-refractivity contribution in [2.75, 3.05) is 18.5 Å². The maximum atomic E-state index is 12.2. The number of ether oxygens (including phenoxy) is 1. The Labute approximate surface area is 173 Å². The van der Waals surface area contributed by atoms with Gasteiger partial charge in [0.1, 0.15) is 11.6 Å². The Hall–Kier alpha value is -2.87. The van der Waals surface area contributed by atoms with Crippen LogP contribution in [-0.2, 0) is 9.59 Å². The number of hydrogen-bond acceptors (Lipinski definition) is 6. The minimum absolute atomic E-state index is 0.191. The van der Waals surface area contributed by atoms with Crippen LogP contribution in [0.5, 0.6) is 5.75 Å². The standard InChI is InChI=1S/C21H22N4O3S/c1-3-28-17-10-19(23-12(2)26)24-16-7-6-14(8-15(16)17)9-18-20(27)25-21(29-18)22-11-13-4-5-13/h6-10,13H,3-5,11H2,1-2H3,(H,22,25,27)(H,23,24,26)/b18-9-. The van der Waals surface area contributed by atoms with Gasteiger partial charge in [0, 0.05) is 24.9 Å². The molecular weight excluding hydrogens is 388 g/mol. The number of carbonyl (C=O) groups is 2. The highest BCUT2D eigenvalue weighted by atomic mass is 32.2. The number of carbonyl (C=O) groups excluding carboxylic acids is 2. The van der Waals surface area contributed by atoms with Crippen LogP contribution in [0.15, 0.2) is 34.2 Å².